The monoisotopic (exact) mass is 367 g/mol. The van der Waals surface area contributed by atoms with E-state index in [4.69, 9.17) is 4.74 Å². The molecule has 26 heavy (non-hydrogen) atoms. The Labute approximate surface area is 149 Å². The SMILES string of the molecule is CC(C)(C)OC(=O)c1nnn2c1CCCC2c1ccccc1C(F)(F)F. The van der Waals surface area contributed by atoms with E-state index in [1.165, 1.54) is 16.8 Å². The van der Waals surface area contributed by atoms with Crippen LogP contribution in [0.4, 0.5) is 13.2 Å². The highest BCUT2D eigenvalue weighted by Crippen LogP contribution is 2.39. The van der Waals surface area contributed by atoms with Crippen molar-refractivity contribution in [2.75, 3.05) is 0 Å². The van der Waals surface area contributed by atoms with Gasteiger partial charge >= 0.3 is 12.1 Å². The van der Waals surface area contributed by atoms with E-state index in [1.54, 1.807) is 26.8 Å². The number of hydrogen-bond donors (Lipinski definition) is 0. The number of carbonyl (C=O) groups is 1. The van der Waals surface area contributed by atoms with Gasteiger partial charge in [0.2, 0.25) is 0 Å². The molecule has 1 aromatic heterocycles. The van der Waals surface area contributed by atoms with Gasteiger partial charge in [-0.1, -0.05) is 23.4 Å². The molecule has 0 saturated carbocycles. The Morgan fingerprint density at radius 2 is 1.92 bits per heavy atom. The van der Waals surface area contributed by atoms with Crippen LogP contribution in [0.2, 0.25) is 0 Å². The number of fused-ring (bicyclic) bond motifs is 1. The molecule has 0 N–H and O–H groups in total. The van der Waals surface area contributed by atoms with Gasteiger partial charge in [0.25, 0.3) is 0 Å². The lowest BCUT2D eigenvalue weighted by atomic mass is 9.92. The molecule has 1 aliphatic heterocycles. The fourth-order valence-electron chi connectivity index (χ4n) is 3.20. The normalized spacial score (nSPS) is 17.7. The van der Waals surface area contributed by atoms with E-state index in [-0.39, 0.29) is 11.3 Å². The maximum absolute atomic E-state index is 13.4. The van der Waals surface area contributed by atoms with Crippen LogP contribution in [0.5, 0.6) is 0 Å². The average Bonchev–Trinajstić information content (AvgIpc) is 2.96. The van der Waals surface area contributed by atoms with Gasteiger partial charge in [0, 0.05) is 0 Å². The Hall–Kier alpha value is -2.38. The molecule has 3 rings (SSSR count). The summed E-state index contributed by atoms with van der Waals surface area (Å²) >= 11 is 0. The summed E-state index contributed by atoms with van der Waals surface area (Å²) in [5.41, 5.74) is -0.639. The molecule has 2 aromatic rings. The standard InChI is InChI=1S/C18H20F3N3O2/c1-17(2,3)26-16(25)15-14-10-6-9-13(24(14)23-22-15)11-7-4-5-8-12(11)18(19,20)21/h4-5,7-8,13H,6,9-10H2,1-3H3. The summed E-state index contributed by atoms with van der Waals surface area (Å²) in [5.74, 6) is -0.608. The first-order valence-corrected chi connectivity index (χ1v) is 8.41. The van der Waals surface area contributed by atoms with Gasteiger partial charge < -0.3 is 4.74 Å². The molecule has 0 radical (unpaired) electrons. The van der Waals surface area contributed by atoms with Crippen LogP contribution in [0, 0.1) is 0 Å². The number of rotatable bonds is 2. The molecule has 2 heterocycles. The van der Waals surface area contributed by atoms with Gasteiger partial charge in [0.15, 0.2) is 5.69 Å². The van der Waals surface area contributed by atoms with Crippen LogP contribution in [0.3, 0.4) is 0 Å². The second-order valence-electron chi connectivity index (χ2n) is 7.32. The van der Waals surface area contributed by atoms with Gasteiger partial charge in [-0.3, -0.25) is 0 Å². The van der Waals surface area contributed by atoms with Crippen molar-refractivity contribution in [2.45, 2.75) is 57.9 Å². The Balaban J connectivity index is 2.01. The molecule has 0 spiro atoms. The predicted octanol–water partition coefficient (Wildman–Crippen LogP) is 4.18. The second kappa shape index (κ2) is 6.41. The molecule has 1 unspecified atom stereocenters. The maximum Gasteiger partial charge on any atom is 0.416 e. The van der Waals surface area contributed by atoms with Gasteiger partial charge in [0.1, 0.15) is 5.60 Å². The van der Waals surface area contributed by atoms with E-state index in [9.17, 15) is 18.0 Å². The van der Waals surface area contributed by atoms with Gasteiger partial charge in [0.05, 0.1) is 17.3 Å². The van der Waals surface area contributed by atoms with Crippen molar-refractivity contribution in [1.29, 1.82) is 0 Å². The minimum Gasteiger partial charge on any atom is -0.455 e. The molecule has 140 valence electrons. The summed E-state index contributed by atoms with van der Waals surface area (Å²) in [6.45, 7) is 5.22. The molecule has 0 bridgehead atoms. The number of halogens is 3. The lowest BCUT2D eigenvalue weighted by Crippen LogP contribution is -2.26. The molecule has 0 saturated heterocycles. The zero-order valence-electron chi connectivity index (χ0n) is 14.8. The van der Waals surface area contributed by atoms with Crippen molar-refractivity contribution in [1.82, 2.24) is 15.0 Å². The molecule has 0 amide bonds. The molecule has 0 aliphatic carbocycles. The topological polar surface area (TPSA) is 57.0 Å². The Morgan fingerprint density at radius 3 is 2.58 bits per heavy atom. The molecule has 5 nitrogen and oxygen atoms in total. The van der Waals surface area contributed by atoms with E-state index in [0.717, 1.165) is 6.07 Å². The first kappa shape index (κ1) is 18.4. The minimum atomic E-state index is -4.46. The molecule has 0 fully saturated rings. The molecule has 1 atom stereocenters. The van der Waals surface area contributed by atoms with Crippen LogP contribution in [-0.4, -0.2) is 26.6 Å². The number of esters is 1. The second-order valence-corrected chi connectivity index (χ2v) is 7.32. The van der Waals surface area contributed by atoms with E-state index >= 15 is 0 Å². The number of carbonyl (C=O) groups excluding carboxylic acids is 1. The number of ether oxygens (including phenoxy) is 1. The third kappa shape index (κ3) is 3.59. The fraction of sp³-hybridized carbons (Fsp3) is 0.500. The summed E-state index contributed by atoms with van der Waals surface area (Å²) in [6.07, 6.45) is -2.80. The zero-order valence-corrected chi connectivity index (χ0v) is 14.8. The first-order valence-electron chi connectivity index (χ1n) is 8.41. The summed E-state index contributed by atoms with van der Waals surface area (Å²) in [7, 11) is 0. The van der Waals surface area contributed by atoms with Crippen LogP contribution in [-0.2, 0) is 17.3 Å². The third-order valence-electron chi connectivity index (χ3n) is 4.19. The van der Waals surface area contributed by atoms with Crippen molar-refractivity contribution in [2.24, 2.45) is 0 Å². The first-order chi connectivity index (χ1) is 12.1. The highest BCUT2D eigenvalue weighted by Gasteiger charge is 2.38. The summed E-state index contributed by atoms with van der Waals surface area (Å²) in [5, 5.41) is 7.89. The highest BCUT2D eigenvalue weighted by molar-refractivity contribution is 5.88. The fourth-order valence-corrected chi connectivity index (χ4v) is 3.20. The average molecular weight is 367 g/mol. The largest absolute Gasteiger partial charge is 0.455 e. The summed E-state index contributed by atoms with van der Waals surface area (Å²) in [6, 6.07) is 4.85. The highest BCUT2D eigenvalue weighted by atomic mass is 19.4. The number of benzene rings is 1. The number of alkyl halides is 3. The molecular formula is C18H20F3N3O2. The maximum atomic E-state index is 13.4. The molecule has 1 aliphatic rings. The van der Waals surface area contributed by atoms with Crippen molar-refractivity contribution >= 4 is 5.97 Å². The number of nitrogens with zero attached hydrogens (tertiary/aromatic N) is 3. The zero-order chi connectivity index (χ0) is 19.1. The summed E-state index contributed by atoms with van der Waals surface area (Å²) in [4.78, 5) is 12.3. The van der Waals surface area contributed by atoms with Crippen LogP contribution >= 0.6 is 0 Å². The summed E-state index contributed by atoms with van der Waals surface area (Å²) < 4.78 is 46.9. The van der Waals surface area contributed by atoms with E-state index in [1.807, 2.05) is 0 Å². The van der Waals surface area contributed by atoms with Gasteiger partial charge in [-0.05, 0) is 51.7 Å². The van der Waals surface area contributed by atoms with Crippen molar-refractivity contribution in [3.05, 3.63) is 46.8 Å². The van der Waals surface area contributed by atoms with Gasteiger partial charge in [-0.25, -0.2) is 9.48 Å². The Morgan fingerprint density at radius 1 is 1.23 bits per heavy atom. The third-order valence-corrected chi connectivity index (χ3v) is 4.19. The lowest BCUT2D eigenvalue weighted by Gasteiger charge is -2.27. The number of hydrogen-bond acceptors (Lipinski definition) is 4. The van der Waals surface area contributed by atoms with Gasteiger partial charge in [-0.2, -0.15) is 13.2 Å². The molecule has 8 heteroatoms. The quantitative estimate of drug-likeness (QED) is 0.748. The van der Waals surface area contributed by atoms with Crippen LogP contribution in [0.15, 0.2) is 24.3 Å². The number of aromatic nitrogens is 3. The predicted molar refractivity (Wildman–Crippen MR) is 87.7 cm³/mol. The lowest BCUT2D eigenvalue weighted by molar-refractivity contribution is -0.138. The van der Waals surface area contributed by atoms with E-state index < -0.39 is 29.4 Å². The van der Waals surface area contributed by atoms with Crippen LogP contribution in [0.25, 0.3) is 0 Å². The van der Waals surface area contributed by atoms with E-state index in [0.29, 0.717) is 25.0 Å². The van der Waals surface area contributed by atoms with Crippen LogP contribution in [0.1, 0.15) is 67.0 Å². The minimum absolute atomic E-state index is 0.0779. The van der Waals surface area contributed by atoms with E-state index in [2.05, 4.69) is 10.3 Å². The molecular weight excluding hydrogens is 347 g/mol. The Kier molecular flexibility index (Phi) is 4.54. The Bertz CT molecular complexity index is 822. The van der Waals surface area contributed by atoms with Crippen molar-refractivity contribution in [3.63, 3.8) is 0 Å². The van der Waals surface area contributed by atoms with Crippen molar-refractivity contribution in [3.8, 4) is 0 Å². The van der Waals surface area contributed by atoms with Crippen molar-refractivity contribution < 1.29 is 22.7 Å². The molecule has 1 aromatic carbocycles. The smallest absolute Gasteiger partial charge is 0.416 e. The van der Waals surface area contributed by atoms with Gasteiger partial charge in [-0.15, -0.1) is 5.10 Å². The van der Waals surface area contributed by atoms with Crippen LogP contribution < -0.4 is 0 Å².